The third-order valence-electron chi connectivity index (χ3n) is 3.68. The van der Waals surface area contributed by atoms with Crippen LogP contribution in [-0.4, -0.2) is 10.5 Å². The van der Waals surface area contributed by atoms with Crippen LogP contribution in [0.2, 0.25) is 0 Å². The van der Waals surface area contributed by atoms with Gasteiger partial charge in [0.25, 0.3) is 0 Å². The number of anilines is 2. The molecule has 2 aromatic rings. The van der Waals surface area contributed by atoms with Crippen LogP contribution in [0.25, 0.3) is 0 Å². The van der Waals surface area contributed by atoms with Crippen molar-refractivity contribution in [3.8, 4) is 0 Å². The predicted octanol–water partition coefficient (Wildman–Crippen LogP) is 3.70. The van der Waals surface area contributed by atoms with E-state index in [1.165, 1.54) is 23.9 Å². The largest absolute Gasteiger partial charge is 0.381 e. The van der Waals surface area contributed by atoms with E-state index in [2.05, 4.69) is 42.0 Å². The Bertz CT molecular complexity index is 626. The minimum atomic E-state index is -0.0530. The first kappa shape index (κ1) is 15.2. The van der Waals surface area contributed by atoms with E-state index in [1.54, 1.807) is 0 Å². The minimum Gasteiger partial charge on any atom is -0.381 e. The maximum Gasteiger partial charge on any atom is 0.221 e. The first-order valence-corrected chi connectivity index (χ1v) is 7.28. The van der Waals surface area contributed by atoms with Crippen molar-refractivity contribution < 1.29 is 4.79 Å². The van der Waals surface area contributed by atoms with E-state index >= 15 is 0 Å². The van der Waals surface area contributed by atoms with Gasteiger partial charge in [-0.1, -0.05) is 0 Å². The van der Waals surface area contributed by atoms with Crippen molar-refractivity contribution in [2.45, 2.75) is 40.8 Å². The molecule has 0 bridgehead atoms. The molecule has 1 heterocycles. The Hall–Kier alpha value is -2.23. The van der Waals surface area contributed by atoms with Crippen LogP contribution in [0.1, 0.15) is 30.8 Å². The van der Waals surface area contributed by atoms with Gasteiger partial charge in [-0.15, -0.1) is 0 Å². The number of nitrogens with zero attached hydrogens (tertiary/aromatic N) is 1. The summed E-state index contributed by atoms with van der Waals surface area (Å²) in [5.41, 5.74) is 5.80. The van der Waals surface area contributed by atoms with Crippen molar-refractivity contribution in [3.63, 3.8) is 0 Å². The van der Waals surface area contributed by atoms with Crippen molar-refractivity contribution in [2.24, 2.45) is 0 Å². The van der Waals surface area contributed by atoms with Gasteiger partial charge in [0, 0.05) is 42.8 Å². The number of aromatic nitrogens is 1. The Morgan fingerprint density at radius 1 is 1.14 bits per heavy atom. The molecule has 21 heavy (non-hydrogen) atoms. The lowest BCUT2D eigenvalue weighted by molar-refractivity contribution is -0.114. The van der Waals surface area contributed by atoms with Gasteiger partial charge in [-0.3, -0.25) is 4.79 Å². The van der Waals surface area contributed by atoms with Gasteiger partial charge in [0.15, 0.2) is 0 Å². The maximum atomic E-state index is 11.0. The highest BCUT2D eigenvalue weighted by Crippen LogP contribution is 2.18. The smallest absolute Gasteiger partial charge is 0.221 e. The number of carbonyl (C=O) groups is 1. The van der Waals surface area contributed by atoms with Crippen LogP contribution >= 0.6 is 0 Å². The van der Waals surface area contributed by atoms with Crippen LogP contribution in [0, 0.1) is 13.8 Å². The van der Waals surface area contributed by atoms with Crippen LogP contribution in [0.15, 0.2) is 30.3 Å². The van der Waals surface area contributed by atoms with Gasteiger partial charge in [0.1, 0.15) is 0 Å². The number of carbonyl (C=O) groups excluding carboxylic acids is 1. The van der Waals surface area contributed by atoms with E-state index < -0.39 is 0 Å². The van der Waals surface area contributed by atoms with E-state index in [-0.39, 0.29) is 5.91 Å². The van der Waals surface area contributed by atoms with Crippen LogP contribution in [0.4, 0.5) is 11.4 Å². The van der Waals surface area contributed by atoms with Gasteiger partial charge in [-0.05, 0) is 56.7 Å². The molecule has 0 aliphatic rings. The molecule has 0 aliphatic carbocycles. The first-order valence-electron chi connectivity index (χ1n) is 7.28. The van der Waals surface area contributed by atoms with E-state index in [4.69, 9.17) is 0 Å². The summed E-state index contributed by atoms with van der Waals surface area (Å²) in [4.78, 5) is 11.0. The molecule has 4 heteroatoms. The second-order valence-corrected chi connectivity index (χ2v) is 5.25. The van der Waals surface area contributed by atoms with Crippen LogP contribution in [0.3, 0.4) is 0 Å². The first-order chi connectivity index (χ1) is 10.0. The number of amides is 1. The van der Waals surface area contributed by atoms with Gasteiger partial charge in [-0.25, -0.2) is 0 Å². The number of aryl methyl sites for hydroxylation is 1. The summed E-state index contributed by atoms with van der Waals surface area (Å²) in [6.45, 7) is 9.78. The summed E-state index contributed by atoms with van der Waals surface area (Å²) < 4.78 is 2.32. The SMILES string of the molecule is CCn1c(C)cc(CNc2ccc(NC(C)=O)cc2)c1C. The Morgan fingerprint density at radius 3 is 2.29 bits per heavy atom. The van der Waals surface area contributed by atoms with E-state index in [0.717, 1.165) is 24.5 Å². The van der Waals surface area contributed by atoms with Gasteiger partial charge in [-0.2, -0.15) is 0 Å². The fourth-order valence-corrected chi connectivity index (χ4v) is 2.61. The molecule has 0 spiro atoms. The average molecular weight is 285 g/mol. The summed E-state index contributed by atoms with van der Waals surface area (Å²) >= 11 is 0. The highest BCUT2D eigenvalue weighted by atomic mass is 16.1. The third kappa shape index (κ3) is 3.66. The molecule has 4 nitrogen and oxygen atoms in total. The molecular formula is C17H23N3O. The van der Waals surface area contributed by atoms with E-state index in [0.29, 0.717) is 0 Å². The monoisotopic (exact) mass is 285 g/mol. The lowest BCUT2D eigenvalue weighted by Crippen LogP contribution is -2.06. The Kier molecular flexibility index (Phi) is 4.68. The van der Waals surface area contributed by atoms with Gasteiger partial charge in [0.2, 0.25) is 5.91 Å². The number of hydrogen-bond donors (Lipinski definition) is 2. The third-order valence-corrected chi connectivity index (χ3v) is 3.68. The molecule has 1 amide bonds. The van der Waals surface area contributed by atoms with Gasteiger partial charge < -0.3 is 15.2 Å². The number of rotatable bonds is 5. The normalized spacial score (nSPS) is 10.5. The van der Waals surface area contributed by atoms with Crippen molar-refractivity contribution in [1.82, 2.24) is 4.57 Å². The second-order valence-electron chi connectivity index (χ2n) is 5.25. The van der Waals surface area contributed by atoms with Gasteiger partial charge in [0.05, 0.1) is 0 Å². The second kappa shape index (κ2) is 6.48. The molecule has 2 rings (SSSR count). The minimum absolute atomic E-state index is 0.0530. The Morgan fingerprint density at radius 2 is 1.76 bits per heavy atom. The molecule has 0 radical (unpaired) electrons. The molecule has 1 aromatic carbocycles. The molecule has 112 valence electrons. The van der Waals surface area contributed by atoms with E-state index in [9.17, 15) is 4.79 Å². The highest BCUT2D eigenvalue weighted by Gasteiger charge is 2.07. The standard InChI is InChI=1S/C17H23N3O/c1-5-20-12(2)10-15(13(20)3)11-18-16-6-8-17(9-7-16)19-14(4)21/h6-10,18H,5,11H2,1-4H3,(H,19,21). The summed E-state index contributed by atoms with van der Waals surface area (Å²) in [7, 11) is 0. The quantitative estimate of drug-likeness (QED) is 0.880. The summed E-state index contributed by atoms with van der Waals surface area (Å²) in [6, 6.07) is 9.99. The molecular weight excluding hydrogens is 262 g/mol. The topological polar surface area (TPSA) is 46.1 Å². The van der Waals surface area contributed by atoms with Crippen LogP contribution in [0.5, 0.6) is 0 Å². The number of nitrogens with one attached hydrogen (secondary N) is 2. The highest BCUT2D eigenvalue weighted by molar-refractivity contribution is 5.88. The molecule has 0 saturated heterocycles. The molecule has 1 aromatic heterocycles. The molecule has 0 atom stereocenters. The molecule has 0 fully saturated rings. The van der Waals surface area contributed by atoms with Crippen molar-refractivity contribution >= 4 is 17.3 Å². The lowest BCUT2D eigenvalue weighted by Gasteiger charge is -2.09. The summed E-state index contributed by atoms with van der Waals surface area (Å²) in [5.74, 6) is -0.0530. The number of benzene rings is 1. The summed E-state index contributed by atoms with van der Waals surface area (Å²) in [5, 5.41) is 6.18. The van der Waals surface area contributed by atoms with Crippen molar-refractivity contribution in [2.75, 3.05) is 10.6 Å². The molecule has 0 aliphatic heterocycles. The Labute approximate surface area is 126 Å². The van der Waals surface area contributed by atoms with E-state index in [1.807, 2.05) is 24.3 Å². The van der Waals surface area contributed by atoms with Crippen LogP contribution < -0.4 is 10.6 Å². The van der Waals surface area contributed by atoms with Crippen molar-refractivity contribution in [1.29, 1.82) is 0 Å². The maximum absolute atomic E-state index is 11.0. The molecule has 0 unspecified atom stereocenters. The predicted molar refractivity (Wildman–Crippen MR) is 87.7 cm³/mol. The number of hydrogen-bond acceptors (Lipinski definition) is 2. The van der Waals surface area contributed by atoms with Crippen LogP contribution in [-0.2, 0) is 17.9 Å². The van der Waals surface area contributed by atoms with Crippen molar-refractivity contribution in [3.05, 3.63) is 47.3 Å². The molecule has 0 saturated carbocycles. The lowest BCUT2D eigenvalue weighted by atomic mass is 10.2. The zero-order valence-corrected chi connectivity index (χ0v) is 13.2. The van der Waals surface area contributed by atoms with Gasteiger partial charge >= 0.3 is 0 Å². The fourth-order valence-electron chi connectivity index (χ4n) is 2.61. The zero-order chi connectivity index (χ0) is 15.4. The zero-order valence-electron chi connectivity index (χ0n) is 13.2. The summed E-state index contributed by atoms with van der Waals surface area (Å²) in [6.07, 6.45) is 0. The fraction of sp³-hybridized carbons (Fsp3) is 0.353. The molecule has 2 N–H and O–H groups in total. The Balaban J connectivity index is 2.01. The average Bonchev–Trinajstić information content (AvgIpc) is 2.71.